The summed E-state index contributed by atoms with van der Waals surface area (Å²) in [5.41, 5.74) is -4.18. The van der Waals surface area contributed by atoms with E-state index in [1.54, 1.807) is 12.2 Å². The van der Waals surface area contributed by atoms with Crippen LogP contribution in [-0.4, -0.2) is 65.6 Å². The number of methoxy groups -OCH3 is 1. The van der Waals surface area contributed by atoms with Crippen LogP contribution < -0.4 is 0 Å². The van der Waals surface area contributed by atoms with Gasteiger partial charge in [-0.1, -0.05) is 11.6 Å². The number of carbonyl (C=O) groups is 2. The highest BCUT2D eigenvalue weighted by Crippen LogP contribution is 2.73. The molecule has 8 atom stereocenters. The molecule has 5 rings (SSSR count). The van der Waals surface area contributed by atoms with Crippen molar-refractivity contribution in [2.75, 3.05) is 20.3 Å². The Morgan fingerprint density at radius 1 is 1.41 bits per heavy atom. The third-order valence-electron chi connectivity index (χ3n) is 8.92. The van der Waals surface area contributed by atoms with Crippen molar-refractivity contribution in [2.24, 2.45) is 22.7 Å². The van der Waals surface area contributed by atoms with Crippen molar-refractivity contribution in [1.29, 1.82) is 0 Å². The molecule has 5 aliphatic rings. The number of aliphatic hydroxyl groups is 2. The molecule has 0 amide bonds. The number of ketones is 2. The summed E-state index contributed by atoms with van der Waals surface area (Å²) in [5.74, 6) is -1.38. The number of carbonyl (C=O) groups excluding carboxylic acids is 2. The Kier molecular flexibility index (Phi) is 3.94. The molecule has 0 aromatic rings. The van der Waals surface area contributed by atoms with Crippen LogP contribution in [-0.2, 0) is 19.1 Å². The van der Waals surface area contributed by atoms with Crippen molar-refractivity contribution < 1.29 is 33.7 Å². The highest BCUT2D eigenvalue weighted by molar-refractivity contribution is 6.01. The first-order valence-electron chi connectivity index (χ1n) is 10.3. The monoisotopic (exact) mass is 406 g/mol. The first-order chi connectivity index (χ1) is 13.7. The van der Waals surface area contributed by atoms with Gasteiger partial charge in [-0.2, -0.15) is 0 Å². The molecule has 0 radical (unpaired) electrons. The van der Waals surface area contributed by atoms with Gasteiger partial charge in [-0.05, 0) is 50.7 Å². The van der Waals surface area contributed by atoms with E-state index in [0.717, 1.165) is 5.57 Å². The van der Waals surface area contributed by atoms with Crippen LogP contribution in [0.15, 0.2) is 23.8 Å². The number of fused-ring (bicyclic) bond motifs is 4. The van der Waals surface area contributed by atoms with Crippen molar-refractivity contribution in [3.63, 3.8) is 0 Å². The second-order valence-corrected chi connectivity index (χ2v) is 9.57. The summed E-state index contributed by atoms with van der Waals surface area (Å²) in [4.78, 5) is 24.6. The lowest BCUT2D eigenvalue weighted by Crippen LogP contribution is -2.77. The van der Waals surface area contributed by atoms with Gasteiger partial charge in [0.2, 0.25) is 0 Å². The van der Waals surface area contributed by atoms with Crippen LogP contribution in [0.4, 0.5) is 4.39 Å². The van der Waals surface area contributed by atoms with Gasteiger partial charge in [-0.3, -0.25) is 9.59 Å². The summed E-state index contributed by atoms with van der Waals surface area (Å²) in [6.07, 6.45) is 4.35. The van der Waals surface area contributed by atoms with Gasteiger partial charge in [0, 0.05) is 23.9 Å². The summed E-state index contributed by atoms with van der Waals surface area (Å²) in [5, 5.41) is 20.4. The quantitative estimate of drug-likeness (QED) is 0.734. The number of Topliss-reactive ketones (excluding diaryl/α,β-unsaturated/α-hetero) is 1. The Balaban J connectivity index is 1.65. The van der Waals surface area contributed by atoms with Gasteiger partial charge in [0.1, 0.15) is 6.61 Å². The molecule has 6 nitrogen and oxygen atoms in total. The van der Waals surface area contributed by atoms with Crippen molar-refractivity contribution in [2.45, 2.75) is 56.1 Å². The zero-order valence-corrected chi connectivity index (χ0v) is 16.7. The minimum absolute atomic E-state index is 0.128. The highest BCUT2D eigenvalue weighted by Gasteiger charge is 2.82. The molecule has 0 bridgehead atoms. The molecule has 4 aliphatic carbocycles. The third kappa shape index (κ3) is 1.92. The van der Waals surface area contributed by atoms with E-state index in [0.29, 0.717) is 12.8 Å². The molecule has 0 aromatic heterocycles. The van der Waals surface area contributed by atoms with Crippen LogP contribution in [0.25, 0.3) is 0 Å². The standard InChI is InChI=1S/C22H27FO6/c1-19-6-5-13(25)7-12(19)3-4-14-15-8-16(26)22(17(27)10-24)20(15,11-29-22)9-18(28-2)21(14,19)23/h5-7,14-16,18,24,26H,3-4,8-11H2,1-2H3/t14-,15-,16+,18-,19-,20+,21-,22-/m0/s1. The van der Waals surface area contributed by atoms with Crippen LogP contribution in [0.1, 0.15) is 32.6 Å². The van der Waals surface area contributed by atoms with E-state index in [4.69, 9.17) is 9.47 Å². The van der Waals surface area contributed by atoms with E-state index in [9.17, 15) is 19.8 Å². The van der Waals surface area contributed by atoms with E-state index >= 15 is 4.39 Å². The molecular weight excluding hydrogens is 379 g/mol. The minimum atomic E-state index is -1.77. The first kappa shape index (κ1) is 19.5. The van der Waals surface area contributed by atoms with Crippen LogP contribution in [0, 0.1) is 22.7 Å². The van der Waals surface area contributed by atoms with Crippen LogP contribution in [0.5, 0.6) is 0 Å². The van der Waals surface area contributed by atoms with Crippen LogP contribution in [0.3, 0.4) is 0 Å². The molecule has 2 N–H and O–H groups in total. The number of halogens is 1. The van der Waals surface area contributed by atoms with Gasteiger partial charge in [0.05, 0.1) is 18.8 Å². The maximum atomic E-state index is 17.2. The minimum Gasteiger partial charge on any atom is -0.390 e. The predicted molar refractivity (Wildman–Crippen MR) is 99.6 cm³/mol. The molecule has 1 saturated heterocycles. The average molecular weight is 406 g/mol. The lowest BCUT2D eigenvalue weighted by atomic mass is 9.43. The highest BCUT2D eigenvalue weighted by atomic mass is 19.1. The van der Waals surface area contributed by atoms with E-state index in [2.05, 4.69) is 0 Å². The maximum absolute atomic E-state index is 17.2. The number of ether oxygens (including phenoxy) is 2. The fourth-order valence-corrected chi connectivity index (χ4v) is 7.57. The number of hydrogen-bond donors (Lipinski definition) is 2. The lowest BCUT2D eigenvalue weighted by Gasteiger charge is -2.67. The molecule has 0 aromatic carbocycles. The summed E-state index contributed by atoms with van der Waals surface area (Å²) in [6, 6.07) is 0. The van der Waals surface area contributed by atoms with Gasteiger partial charge in [0.25, 0.3) is 0 Å². The third-order valence-corrected chi connectivity index (χ3v) is 8.92. The molecule has 29 heavy (non-hydrogen) atoms. The molecule has 3 saturated carbocycles. The van der Waals surface area contributed by atoms with E-state index in [1.165, 1.54) is 13.2 Å². The zero-order valence-electron chi connectivity index (χ0n) is 16.7. The molecule has 7 heteroatoms. The number of alkyl halides is 1. The van der Waals surface area contributed by atoms with Crippen LogP contribution >= 0.6 is 0 Å². The summed E-state index contributed by atoms with van der Waals surface area (Å²) < 4.78 is 28.7. The van der Waals surface area contributed by atoms with Gasteiger partial charge in [-0.25, -0.2) is 4.39 Å². The molecule has 1 heterocycles. The molecule has 1 spiro atoms. The fourth-order valence-electron chi connectivity index (χ4n) is 7.57. The van der Waals surface area contributed by atoms with Gasteiger partial charge < -0.3 is 19.7 Å². The number of aliphatic hydroxyl groups excluding tert-OH is 2. The zero-order chi connectivity index (χ0) is 20.8. The Bertz CT molecular complexity index is 852. The maximum Gasteiger partial charge on any atom is 0.193 e. The number of allylic oxidation sites excluding steroid dienone is 4. The fraction of sp³-hybridized carbons (Fsp3) is 0.727. The molecule has 1 aliphatic heterocycles. The predicted octanol–water partition coefficient (Wildman–Crippen LogP) is 1.29. The average Bonchev–Trinajstić information content (AvgIpc) is 2.84. The molecule has 0 unspecified atom stereocenters. The smallest absolute Gasteiger partial charge is 0.193 e. The largest absolute Gasteiger partial charge is 0.390 e. The second-order valence-electron chi connectivity index (χ2n) is 9.57. The normalized spacial score (nSPS) is 52.6. The van der Waals surface area contributed by atoms with Gasteiger partial charge >= 0.3 is 0 Å². The van der Waals surface area contributed by atoms with E-state index in [-0.39, 0.29) is 31.1 Å². The first-order valence-corrected chi connectivity index (χ1v) is 10.3. The van der Waals surface area contributed by atoms with E-state index < -0.39 is 52.6 Å². The topological polar surface area (TPSA) is 93.1 Å². The number of rotatable bonds is 3. The second kappa shape index (κ2) is 5.84. The van der Waals surface area contributed by atoms with Crippen molar-refractivity contribution >= 4 is 11.6 Å². The molecule has 158 valence electrons. The number of hydrogen-bond acceptors (Lipinski definition) is 6. The van der Waals surface area contributed by atoms with Gasteiger partial charge in [-0.15, -0.1) is 0 Å². The summed E-state index contributed by atoms with van der Waals surface area (Å²) in [7, 11) is 1.47. The van der Waals surface area contributed by atoms with Crippen molar-refractivity contribution in [3.05, 3.63) is 23.8 Å². The van der Waals surface area contributed by atoms with Crippen molar-refractivity contribution in [1.82, 2.24) is 0 Å². The Labute approximate surface area is 168 Å². The molecule has 4 fully saturated rings. The SMILES string of the molecule is CO[C@H]1C[C@]23CO[C@]2(C(=O)CO)[C@H](O)C[C@H]3[C@@H]2CCC3=CC(=O)C=C[C@]3(C)[C@@]12F. The van der Waals surface area contributed by atoms with Gasteiger partial charge in [0.15, 0.2) is 22.8 Å². The molecular formula is C22H27FO6. The Morgan fingerprint density at radius 2 is 2.17 bits per heavy atom. The van der Waals surface area contributed by atoms with Crippen LogP contribution in [0.2, 0.25) is 0 Å². The Hall–Kier alpha value is -1.41. The summed E-state index contributed by atoms with van der Waals surface area (Å²) >= 11 is 0. The Morgan fingerprint density at radius 3 is 2.79 bits per heavy atom. The summed E-state index contributed by atoms with van der Waals surface area (Å²) in [6.45, 7) is 1.36. The van der Waals surface area contributed by atoms with E-state index in [1.807, 2.05) is 6.92 Å². The lowest BCUT2D eigenvalue weighted by molar-refractivity contribution is -0.317. The van der Waals surface area contributed by atoms with Crippen molar-refractivity contribution in [3.8, 4) is 0 Å².